The molecule has 1 aliphatic rings. The highest BCUT2D eigenvalue weighted by atomic mass is 16.6. The third kappa shape index (κ3) is 5.52. The van der Waals surface area contributed by atoms with Crippen molar-refractivity contribution in [2.24, 2.45) is 5.92 Å². The van der Waals surface area contributed by atoms with E-state index >= 15 is 0 Å². The van der Waals surface area contributed by atoms with Crippen molar-refractivity contribution < 1.29 is 14.3 Å². The van der Waals surface area contributed by atoms with Gasteiger partial charge in [-0.05, 0) is 46.5 Å². The lowest BCUT2D eigenvalue weighted by molar-refractivity contribution is -0.158. The third-order valence-corrected chi connectivity index (χ3v) is 3.09. The van der Waals surface area contributed by atoms with E-state index in [9.17, 15) is 9.59 Å². The van der Waals surface area contributed by atoms with E-state index in [-0.39, 0.29) is 11.9 Å². The monoisotopic (exact) mass is 255 g/mol. The highest BCUT2D eigenvalue weighted by molar-refractivity contribution is 5.84. The molecule has 0 bridgehead atoms. The van der Waals surface area contributed by atoms with Crippen LogP contribution in [0.4, 0.5) is 0 Å². The van der Waals surface area contributed by atoms with Crippen LogP contribution in [0.25, 0.3) is 0 Å². The van der Waals surface area contributed by atoms with E-state index in [1.807, 2.05) is 20.8 Å². The predicted molar refractivity (Wildman–Crippen MR) is 70.0 cm³/mol. The van der Waals surface area contributed by atoms with Crippen LogP contribution in [0.5, 0.6) is 0 Å². The molecule has 0 unspecified atom stereocenters. The SMILES string of the molecule is C[C@H](NC(=O)CC1CCCC1)C(=O)OC(C)(C)C. The Morgan fingerprint density at radius 1 is 1.28 bits per heavy atom. The zero-order valence-electron chi connectivity index (χ0n) is 11.9. The maximum atomic E-state index is 11.8. The maximum absolute atomic E-state index is 11.8. The molecule has 1 N–H and O–H groups in total. The second-order valence-electron chi connectivity index (χ2n) is 6.18. The Hall–Kier alpha value is -1.06. The molecule has 1 amide bonds. The first-order valence-electron chi connectivity index (χ1n) is 6.80. The molecule has 4 heteroatoms. The first-order chi connectivity index (χ1) is 8.28. The van der Waals surface area contributed by atoms with Crippen LogP contribution in [-0.2, 0) is 14.3 Å². The third-order valence-electron chi connectivity index (χ3n) is 3.09. The zero-order chi connectivity index (χ0) is 13.8. The number of amides is 1. The Balaban J connectivity index is 2.31. The summed E-state index contributed by atoms with van der Waals surface area (Å²) in [6.07, 6.45) is 5.24. The van der Waals surface area contributed by atoms with Crippen molar-refractivity contribution >= 4 is 11.9 Å². The molecule has 4 nitrogen and oxygen atoms in total. The van der Waals surface area contributed by atoms with E-state index < -0.39 is 11.6 Å². The summed E-state index contributed by atoms with van der Waals surface area (Å²) in [7, 11) is 0. The highest BCUT2D eigenvalue weighted by Gasteiger charge is 2.24. The minimum Gasteiger partial charge on any atom is -0.458 e. The number of ether oxygens (including phenoxy) is 1. The molecule has 1 atom stereocenters. The second-order valence-corrected chi connectivity index (χ2v) is 6.18. The molecule has 104 valence electrons. The highest BCUT2D eigenvalue weighted by Crippen LogP contribution is 2.27. The van der Waals surface area contributed by atoms with E-state index in [2.05, 4.69) is 5.32 Å². The van der Waals surface area contributed by atoms with Gasteiger partial charge >= 0.3 is 5.97 Å². The number of nitrogens with one attached hydrogen (secondary N) is 1. The van der Waals surface area contributed by atoms with E-state index in [0.717, 1.165) is 12.8 Å². The van der Waals surface area contributed by atoms with E-state index in [4.69, 9.17) is 4.74 Å². The Bertz CT molecular complexity index is 301. The van der Waals surface area contributed by atoms with Crippen LogP contribution >= 0.6 is 0 Å². The number of carbonyl (C=O) groups is 2. The van der Waals surface area contributed by atoms with Crippen molar-refractivity contribution in [1.29, 1.82) is 0 Å². The van der Waals surface area contributed by atoms with Crippen LogP contribution in [0, 0.1) is 5.92 Å². The molecule has 0 spiro atoms. The van der Waals surface area contributed by atoms with Crippen LogP contribution in [0.15, 0.2) is 0 Å². The largest absolute Gasteiger partial charge is 0.458 e. The molecule has 0 radical (unpaired) electrons. The van der Waals surface area contributed by atoms with Crippen LogP contribution in [0.3, 0.4) is 0 Å². The van der Waals surface area contributed by atoms with Crippen molar-refractivity contribution in [2.75, 3.05) is 0 Å². The minimum atomic E-state index is -0.571. The summed E-state index contributed by atoms with van der Waals surface area (Å²) in [6, 6.07) is -0.571. The molecular formula is C14H25NO3. The van der Waals surface area contributed by atoms with Gasteiger partial charge in [-0.1, -0.05) is 12.8 Å². The number of esters is 1. The summed E-state index contributed by atoms with van der Waals surface area (Å²) in [6.45, 7) is 7.12. The summed E-state index contributed by atoms with van der Waals surface area (Å²) in [4.78, 5) is 23.5. The Kier molecular flexibility index (Phi) is 5.17. The Morgan fingerprint density at radius 3 is 2.33 bits per heavy atom. The van der Waals surface area contributed by atoms with Gasteiger partial charge in [0.15, 0.2) is 0 Å². The number of rotatable bonds is 4. The fraction of sp³-hybridized carbons (Fsp3) is 0.857. The summed E-state index contributed by atoms with van der Waals surface area (Å²) < 4.78 is 5.22. The van der Waals surface area contributed by atoms with Crippen LogP contribution < -0.4 is 5.32 Å². The first kappa shape index (κ1) is 15.0. The van der Waals surface area contributed by atoms with E-state index in [1.165, 1.54) is 12.8 Å². The molecule has 0 aromatic rings. The molecule has 0 aliphatic heterocycles. The molecule has 0 aromatic carbocycles. The van der Waals surface area contributed by atoms with Gasteiger partial charge in [0.25, 0.3) is 0 Å². The number of carbonyl (C=O) groups excluding carboxylic acids is 2. The van der Waals surface area contributed by atoms with Crippen molar-refractivity contribution in [3.63, 3.8) is 0 Å². The first-order valence-corrected chi connectivity index (χ1v) is 6.80. The molecule has 18 heavy (non-hydrogen) atoms. The van der Waals surface area contributed by atoms with Crippen LogP contribution in [0.2, 0.25) is 0 Å². The van der Waals surface area contributed by atoms with Gasteiger partial charge < -0.3 is 10.1 Å². The Morgan fingerprint density at radius 2 is 1.83 bits per heavy atom. The standard InChI is InChI=1S/C14H25NO3/c1-10(13(17)18-14(2,3)4)15-12(16)9-11-7-5-6-8-11/h10-11H,5-9H2,1-4H3,(H,15,16)/t10-/m0/s1. The lowest BCUT2D eigenvalue weighted by Crippen LogP contribution is -2.42. The average molecular weight is 255 g/mol. The van der Waals surface area contributed by atoms with Gasteiger partial charge in [-0.3, -0.25) is 4.79 Å². The van der Waals surface area contributed by atoms with E-state index in [0.29, 0.717) is 12.3 Å². The molecule has 0 saturated heterocycles. The minimum absolute atomic E-state index is 0.0414. The van der Waals surface area contributed by atoms with Crippen molar-refractivity contribution in [1.82, 2.24) is 5.32 Å². The molecule has 1 fully saturated rings. The van der Waals surface area contributed by atoms with Gasteiger partial charge in [-0.2, -0.15) is 0 Å². The molecule has 1 saturated carbocycles. The van der Waals surface area contributed by atoms with Gasteiger partial charge in [-0.25, -0.2) is 4.79 Å². The van der Waals surface area contributed by atoms with Gasteiger partial charge in [0, 0.05) is 6.42 Å². The molecule has 1 aliphatic carbocycles. The summed E-state index contributed by atoms with van der Waals surface area (Å²) in [5, 5.41) is 2.72. The topological polar surface area (TPSA) is 55.4 Å². The number of hydrogen-bond donors (Lipinski definition) is 1. The lowest BCUT2D eigenvalue weighted by atomic mass is 10.0. The number of hydrogen-bond acceptors (Lipinski definition) is 3. The zero-order valence-corrected chi connectivity index (χ0v) is 11.9. The summed E-state index contributed by atoms with van der Waals surface area (Å²) >= 11 is 0. The van der Waals surface area contributed by atoms with Crippen molar-refractivity contribution in [2.45, 2.75) is 71.4 Å². The maximum Gasteiger partial charge on any atom is 0.328 e. The van der Waals surface area contributed by atoms with Gasteiger partial charge in [-0.15, -0.1) is 0 Å². The molecule has 0 heterocycles. The quantitative estimate of drug-likeness (QED) is 0.785. The predicted octanol–water partition coefficient (Wildman–Crippen LogP) is 2.41. The average Bonchev–Trinajstić information content (AvgIpc) is 2.67. The smallest absolute Gasteiger partial charge is 0.328 e. The van der Waals surface area contributed by atoms with Crippen molar-refractivity contribution in [3.05, 3.63) is 0 Å². The molecule has 1 rings (SSSR count). The molecular weight excluding hydrogens is 230 g/mol. The lowest BCUT2D eigenvalue weighted by Gasteiger charge is -2.23. The van der Waals surface area contributed by atoms with Gasteiger partial charge in [0.1, 0.15) is 11.6 Å². The van der Waals surface area contributed by atoms with Gasteiger partial charge in [0.2, 0.25) is 5.91 Å². The summed E-state index contributed by atoms with van der Waals surface area (Å²) in [5.74, 6) is 0.0818. The Labute approximate surface area is 109 Å². The van der Waals surface area contributed by atoms with E-state index in [1.54, 1.807) is 6.92 Å². The van der Waals surface area contributed by atoms with Gasteiger partial charge in [0.05, 0.1) is 0 Å². The van der Waals surface area contributed by atoms with Crippen LogP contribution in [-0.4, -0.2) is 23.5 Å². The normalized spacial score (nSPS) is 18.4. The van der Waals surface area contributed by atoms with Crippen molar-refractivity contribution in [3.8, 4) is 0 Å². The second kappa shape index (κ2) is 6.21. The van der Waals surface area contributed by atoms with Crippen LogP contribution in [0.1, 0.15) is 59.8 Å². The fourth-order valence-corrected chi connectivity index (χ4v) is 2.23. The fourth-order valence-electron chi connectivity index (χ4n) is 2.23. The summed E-state index contributed by atoms with van der Waals surface area (Å²) in [5.41, 5.74) is -0.512. The molecule has 0 aromatic heterocycles.